The van der Waals surface area contributed by atoms with Crippen LogP contribution in [0.5, 0.6) is 0 Å². The fourth-order valence-corrected chi connectivity index (χ4v) is 5.95. The first-order valence-corrected chi connectivity index (χ1v) is 15.4. The fourth-order valence-electron chi connectivity index (χ4n) is 5.95. The predicted octanol–water partition coefficient (Wildman–Crippen LogP) is 11.0. The summed E-state index contributed by atoms with van der Waals surface area (Å²) in [5, 5.41) is 2.31. The lowest BCUT2D eigenvalue weighted by atomic mass is 9.92. The minimum atomic E-state index is 0.639. The Hall–Kier alpha value is -6.19. The number of fused-ring (bicyclic) bond motifs is 1. The largest absolute Gasteiger partial charge is 0.208 e. The lowest BCUT2D eigenvalue weighted by molar-refractivity contribution is 1.07. The highest BCUT2D eigenvalue weighted by atomic mass is 15.0. The molecule has 7 aromatic carbocycles. The highest BCUT2D eigenvalue weighted by Crippen LogP contribution is 2.36. The van der Waals surface area contributed by atoms with Gasteiger partial charge in [0, 0.05) is 16.7 Å². The zero-order valence-corrected chi connectivity index (χ0v) is 25.1. The molecule has 1 heterocycles. The molecule has 0 saturated carbocycles. The molecule has 0 saturated heterocycles. The van der Waals surface area contributed by atoms with Gasteiger partial charge in [-0.3, -0.25) is 0 Å². The highest BCUT2D eigenvalue weighted by Gasteiger charge is 2.16. The average Bonchev–Trinajstić information content (AvgIpc) is 3.15. The molecule has 8 rings (SSSR count). The number of rotatable bonds is 6. The third-order valence-corrected chi connectivity index (χ3v) is 8.32. The maximum atomic E-state index is 5.09. The molecule has 0 aliphatic rings. The standard InChI is InChI=1S/C43H29N3/c1-5-13-30(14-6-1)34-21-22-36-28-37(24-23-35(36)27-34)42-44-41(33-19-11-4-12-20-33)45-43(46-42)38-25-26-39(31-15-7-2-8-16-31)40(29-38)32-17-9-3-10-18-32/h1-29H. The number of hydrogen-bond acceptors (Lipinski definition) is 3. The first kappa shape index (κ1) is 27.4. The van der Waals surface area contributed by atoms with Crippen LogP contribution in [0.4, 0.5) is 0 Å². The maximum Gasteiger partial charge on any atom is 0.164 e. The summed E-state index contributed by atoms with van der Waals surface area (Å²) >= 11 is 0. The third kappa shape index (κ3) is 5.47. The van der Waals surface area contributed by atoms with Gasteiger partial charge in [0.2, 0.25) is 0 Å². The van der Waals surface area contributed by atoms with E-state index in [0.29, 0.717) is 17.5 Å². The Labute approximate surface area is 268 Å². The number of benzene rings is 7. The summed E-state index contributed by atoms with van der Waals surface area (Å²) in [6.45, 7) is 0. The van der Waals surface area contributed by atoms with Crippen molar-refractivity contribution in [3.63, 3.8) is 0 Å². The van der Waals surface area contributed by atoms with E-state index in [1.807, 2.05) is 48.5 Å². The van der Waals surface area contributed by atoms with Crippen molar-refractivity contribution in [2.45, 2.75) is 0 Å². The maximum absolute atomic E-state index is 5.09. The minimum Gasteiger partial charge on any atom is -0.208 e. The molecule has 0 aliphatic heterocycles. The summed E-state index contributed by atoms with van der Waals surface area (Å²) < 4.78 is 0. The van der Waals surface area contributed by atoms with E-state index < -0.39 is 0 Å². The highest BCUT2D eigenvalue weighted by molar-refractivity contribution is 5.91. The summed E-state index contributed by atoms with van der Waals surface area (Å²) in [4.78, 5) is 15.1. The SMILES string of the molecule is c1ccc(-c2ccc3cc(-c4nc(-c5ccccc5)nc(-c5ccc(-c6ccccc6)c(-c6ccccc6)c5)n4)ccc3c2)cc1. The van der Waals surface area contributed by atoms with Crippen LogP contribution in [-0.4, -0.2) is 15.0 Å². The normalized spacial score (nSPS) is 11.0. The quantitative estimate of drug-likeness (QED) is 0.194. The lowest BCUT2D eigenvalue weighted by Crippen LogP contribution is -2.00. The predicted molar refractivity (Wildman–Crippen MR) is 190 cm³/mol. The van der Waals surface area contributed by atoms with Gasteiger partial charge in [-0.05, 0) is 62.4 Å². The molecule has 0 bridgehead atoms. The number of hydrogen-bond donors (Lipinski definition) is 0. The van der Waals surface area contributed by atoms with Gasteiger partial charge in [-0.2, -0.15) is 0 Å². The Morgan fingerprint density at radius 1 is 0.239 bits per heavy atom. The Morgan fingerprint density at radius 2 is 0.630 bits per heavy atom. The Morgan fingerprint density at radius 3 is 1.20 bits per heavy atom. The molecule has 0 fully saturated rings. The summed E-state index contributed by atoms with van der Waals surface area (Å²) in [6, 6.07) is 61.1. The van der Waals surface area contributed by atoms with Gasteiger partial charge in [-0.15, -0.1) is 0 Å². The number of nitrogens with zero attached hydrogens (tertiary/aromatic N) is 3. The monoisotopic (exact) mass is 587 g/mol. The third-order valence-electron chi connectivity index (χ3n) is 8.32. The van der Waals surface area contributed by atoms with Crippen molar-refractivity contribution in [1.82, 2.24) is 15.0 Å². The van der Waals surface area contributed by atoms with Gasteiger partial charge in [0.15, 0.2) is 17.5 Å². The van der Waals surface area contributed by atoms with Crippen LogP contribution in [0.2, 0.25) is 0 Å². The molecule has 3 heteroatoms. The van der Waals surface area contributed by atoms with Crippen LogP contribution in [0.25, 0.3) is 78.3 Å². The first-order chi connectivity index (χ1) is 22.8. The fraction of sp³-hybridized carbons (Fsp3) is 0. The van der Waals surface area contributed by atoms with Crippen molar-refractivity contribution in [2.24, 2.45) is 0 Å². The molecule has 0 spiro atoms. The van der Waals surface area contributed by atoms with Crippen LogP contribution in [0.1, 0.15) is 0 Å². The van der Waals surface area contributed by atoms with Crippen LogP contribution >= 0.6 is 0 Å². The van der Waals surface area contributed by atoms with Gasteiger partial charge >= 0.3 is 0 Å². The van der Waals surface area contributed by atoms with E-state index in [9.17, 15) is 0 Å². The van der Waals surface area contributed by atoms with Gasteiger partial charge in [-0.25, -0.2) is 15.0 Å². The molecule has 3 nitrogen and oxygen atoms in total. The van der Waals surface area contributed by atoms with Crippen molar-refractivity contribution >= 4 is 10.8 Å². The molecular formula is C43H29N3. The lowest BCUT2D eigenvalue weighted by Gasteiger charge is -2.14. The van der Waals surface area contributed by atoms with E-state index in [1.165, 1.54) is 22.1 Å². The van der Waals surface area contributed by atoms with Gasteiger partial charge < -0.3 is 0 Å². The molecule has 0 atom stereocenters. The summed E-state index contributed by atoms with van der Waals surface area (Å²) in [6.07, 6.45) is 0. The molecule has 0 radical (unpaired) electrons. The Bertz CT molecular complexity index is 2280. The molecule has 8 aromatic rings. The first-order valence-electron chi connectivity index (χ1n) is 15.4. The van der Waals surface area contributed by atoms with E-state index in [2.05, 4.69) is 127 Å². The Kier molecular flexibility index (Phi) is 7.18. The van der Waals surface area contributed by atoms with E-state index in [4.69, 9.17) is 15.0 Å². The second-order valence-corrected chi connectivity index (χ2v) is 11.3. The van der Waals surface area contributed by atoms with Crippen molar-refractivity contribution < 1.29 is 0 Å². The van der Waals surface area contributed by atoms with E-state index in [1.54, 1.807) is 0 Å². The van der Waals surface area contributed by atoms with E-state index in [-0.39, 0.29) is 0 Å². The van der Waals surface area contributed by atoms with Crippen molar-refractivity contribution in [3.05, 3.63) is 176 Å². The van der Waals surface area contributed by atoms with Gasteiger partial charge in [0.25, 0.3) is 0 Å². The molecule has 1 aromatic heterocycles. The molecular weight excluding hydrogens is 558 g/mol. The molecule has 216 valence electrons. The molecule has 46 heavy (non-hydrogen) atoms. The molecule has 0 aliphatic carbocycles. The van der Waals surface area contributed by atoms with Crippen molar-refractivity contribution in [2.75, 3.05) is 0 Å². The minimum absolute atomic E-state index is 0.639. The number of aromatic nitrogens is 3. The zero-order chi connectivity index (χ0) is 30.7. The van der Waals surface area contributed by atoms with E-state index >= 15 is 0 Å². The van der Waals surface area contributed by atoms with Crippen LogP contribution in [0.3, 0.4) is 0 Å². The molecule has 0 N–H and O–H groups in total. The molecule has 0 amide bonds. The van der Waals surface area contributed by atoms with Crippen LogP contribution in [0, 0.1) is 0 Å². The second-order valence-electron chi connectivity index (χ2n) is 11.3. The topological polar surface area (TPSA) is 38.7 Å². The second kappa shape index (κ2) is 12.1. The van der Waals surface area contributed by atoms with Crippen molar-refractivity contribution in [1.29, 1.82) is 0 Å². The summed E-state index contributed by atoms with van der Waals surface area (Å²) in [7, 11) is 0. The van der Waals surface area contributed by atoms with Crippen LogP contribution < -0.4 is 0 Å². The van der Waals surface area contributed by atoms with Crippen molar-refractivity contribution in [3.8, 4) is 67.5 Å². The summed E-state index contributed by atoms with van der Waals surface area (Å²) in [5.41, 5.74) is 9.84. The smallest absolute Gasteiger partial charge is 0.164 e. The zero-order valence-electron chi connectivity index (χ0n) is 25.1. The average molecular weight is 588 g/mol. The Balaban J connectivity index is 1.27. The van der Waals surface area contributed by atoms with Gasteiger partial charge in [0.05, 0.1) is 0 Å². The van der Waals surface area contributed by atoms with Gasteiger partial charge in [-0.1, -0.05) is 158 Å². The summed E-state index contributed by atoms with van der Waals surface area (Å²) in [5.74, 6) is 1.93. The molecule has 0 unspecified atom stereocenters. The van der Waals surface area contributed by atoms with Crippen LogP contribution in [-0.2, 0) is 0 Å². The van der Waals surface area contributed by atoms with Crippen LogP contribution in [0.15, 0.2) is 176 Å². The van der Waals surface area contributed by atoms with E-state index in [0.717, 1.165) is 38.8 Å². The van der Waals surface area contributed by atoms with Gasteiger partial charge in [0.1, 0.15) is 0 Å².